The average Bonchev–Trinajstić information content (AvgIpc) is 2.17. The van der Waals surface area contributed by atoms with E-state index in [-0.39, 0.29) is 10.6 Å². The fourth-order valence-corrected chi connectivity index (χ4v) is 2.16. The number of carbonyl (C=O) groups is 1. The van der Waals surface area contributed by atoms with Gasteiger partial charge >= 0.3 is 0 Å². The molecule has 1 unspecified atom stereocenters. The molecule has 76 valence electrons. The summed E-state index contributed by atoms with van der Waals surface area (Å²) in [5.41, 5.74) is 0.737. The molecule has 1 nitrogen and oxygen atoms in total. The first-order valence-electron chi connectivity index (χ1n) is 4.08. The van der Waals surface area contributed by atoms with Crippen LogP contribution in [-0.4, -0.2) is 16.9 Å². The van der Waals surface area contributed by atoms with Gasteiger partial charge in [-0.1, -0.05) is 31.9 Å². The molecule has 0 heterocycles. The fraction of sp³-hybridized carbons (Fsp3) is 0.300. The van der Waals surface area contributed by atoms with Gasteiger partial charge in [-0.25, -0.2) is 0 Å². The van der Waals surface area contributed by atoms with Gasteiger partial charge in [0, 0.05) is 14.9 Å². The zero-order chi connectivity index (χ0) is 10.7. The van der Waals surface area contributed by atoms with Gasteiger partial charge in [0.05, 0.1) is 4.83 Å². The van der Waals surface area contributed by atoms with E-state index in [0.717, 1.165) is 14.9 Å². The predicted molar refractivity (Wildman–Crippen MR) is 68.6 cm³/mol. The third-order valence-corrected chi connectivity index (χ3v) is 3.63. The van der Waals surface area contributed by atoms with E-state index in [1.165, 1.54) is 0 Å². The molecule has 0 fully saturated rings. The van der Waals surface area contributed by atoms with E-state index in [1.807, 2.05) is 31.4 Å². The molecule has 0 saturated carbocycles. The second kappa shape index (κ2) is 5.33. The summed E-state index contributed by atoms with van der Waals surface area (Å²) in [6, 6.07) is 5.81. The molecule has 0 aliphatic heterocycles. The minimum atomic E-state index is -0.143. The Morgan fingerprint density at radius 2 is 2.14 bits per heavy atom. The van der Waals surface area contributed by atoms with Crippen LogP contribution in [-0.2, 0) is 0 Å². The summed E-state index contributed by atoms with van der Waals surface area (Å²) in [4.78, 5) is 12.7. The summed E-state index contributed by atoms with van der Waals surface area (Å²) in [5, 5.41) is 0. The molecular weight excluding hydrogens is 328 g/mol. The summed E-state index contributed by atoms with van der Waals surface area (Å²) in [5.74, 6) is 0.104. The van der Waals surface area contributed by atoms with E-state index in [1.54, 1.807) is 11.8 Å². The second-order valence-electron chi connectivity index (χ2n) is 2.83. The van der Waals surface area contributed by atoms with Crippen molar-refractivity contribution in [2.75, 3.05) is 6.26 Å². The Morgan fingerprint density at radius 3 is 2.64 bits per heavy atom. The van der Waals surface area contributed by atoms with Crippen molar-refractivity contribution < 1.29 is 4.79 Å². The highest BCUT2D eigenvalue weighted by atomic mass is 79.9. The van der Waals surface area contributed by atoms with E-state index in [2.05, 4.69) is 31.9 Å². The maximum Gasteiger partial charge on any atom is 0.177 e. The Balaban J connectivity index is 3.12. The Hall–Kier alpha value is 0.200. The number of benzene rings is 1. The Kier molecular flexibility index (Phi) is 4.67. The highest BCUT2D eigenvalue weighted by Crippen LogP contribution is 2.25. The van der Waals surface area contributed by atoms with E-state index >= 15 is 0 Å². The molecule has 0 aromatic heterocycles. The van der Waals surface area contributed by atoms with E-state index in [4.69, 9.17) is 0 Å². The number of rotatable bonds is 3. The molecule has 1 rings (SSSR count). The Bertz CT molecular complexity index is 350. The lowest BCUT2D eigenvalue weighted by atomic mass is 10.1. The highest BCUT2D eigenvalue weighted by Gasteiger charge is 2.15. The third kappa shape index (κ3) is 2.84. The van der Waals surface area contributed by atoms with E-state index in [0.29, 0.717) is 0 Å². The Morgan fingerprint density at radius 1 is 1.50 bits per heavy atom. The molecule has 0 aliphatic rings. The largest absolute Gasteiger partial charge is 0.293 e. The van der Waals surface area contributed by atoms with Crippen LogP contribution in [0.1, 0.15) is 17.3 Å². The number of alkyl halides is 1. The molecule has 0 radical (unpaired) electrons. The first-order valence-corrected chi connectivity index (χ1v) is 7.01. The molecule has 4 heteroatoms. The van der Waals surface area contributed by atoms with Crippen molar-refractivity contribution >= 4 is 49.4 Å². The predicted octanol–water partition coefficient (Wildman–Crippen LogP) is 4.14. The van der Waals surface area contributed by atoms with Crippen LogP contribution in [0.15, 0.2) is 27.6 Å². The van der Waals surface area contributed by atoms with Crippen LogP contribution in [0.4, 0.5) is 0 Å². The fourth-order valence-electron chi connectivity index (χ4n) is 1.03. The third-order valence-electron chi connectivity index (χ3n) is 1.80. The smallest absolute Gasteiger partial charge is 0.177 e. The molecule has 14 heavy (non-hydrogen) atoms. The van der Waals surface area contributed by atoms with Gasteiger partial charge in [-0.3, -0.25) is 4.79 Å². The maximum absolute atomic E-state index is 11.7. The number of carbonyl (C=O) groups excluding carboxylic acids is 1. The normalized spacial score (nSPS) is 12.6. The van der Waals surface area contributed by atoms with E-state index < -0.39 is 0 Å². The van der Waals surface area contributed by atoms with Gasteiger partial charge in [-0.05, 0) is 31.4 Å². The number of ketones is 1. The molecular formula is C10H10Br2OS. The lowest BCUT2D eigenvalue weighted by molar-refractivity contribution is 0.0995. The molecule has 0 amide bonds. The monoisotopic (exact) mass is 336 g/mol. The number of thioether (sulfide) groups is 1. The molecule has 1 aromatic rings. The van der Waals surface area contributed by atoms with Gasteiger partial charge < -0.3 is 0 Å². The Labute approximate surface area is 105 Å². The van der Waals surface area contributed by atoms with Gasteiger partial charge in [-0.15, -0.1) is 11.8 Å². The number of halogens is 2. The van der Waals surface area contributed by atoms with Crippen molar-refractivity contribution in [3.8, 4) is 0 Å². The molecule has 0 N–H and O–H groups in total. The van der Waals surface area contributed by atoms with Crippen LogP contribution in [0.3, 0.4) is 0 Å². The van der Waals surface area contributed by atoms with Gasteiger partial charge in [0.25, 0.3) is 0 Å². The molecule has 0 spiro atoms. The van der Waals surface area contributed by atoms with Crippen molar-refractivity contribution in [2.45, 2.75) is 16.6 Å². The second-order valence-corrected chi connectivity index (χ2v) is 5.93. The van der Waals surface area contributed by atoms with E-state index in [9.17, 15) is 4.79 Å². The first kappa shape index (κ1) is 12.3. The summed E-state index contributed by atoms with van der Waals surface area (Å²) < 4.78 is 0.853. The summed E-state index contributed by atoms with van der Waals surface area (Å²) in [7, 11) is 0. The molecule has 1 atom stereocenters. The number of hydrogen-bond donors (Lipinski definition) is 0. The zero-order valence-corrected chi connectivity index (χ0v) is 11.9. The summed E-state index contributed by atoms with van der Waals surface area (Å²) >= 11 is 8.29. The lowest BCUT2D eigenvalue weighted by Gasteiger charge is -2.07. The molecule has 0 bridgehead atoms. The van der Waals surface area contributed by atoms with Crippen LogP contribution in [0.25, 0.3) is 0 Å². The van der Waals surface area contributed by atoms with Gasteiger partial charge in [-0.2, -0.15) is 0 Å². The van der Waals surface area contributed by atoms with Crippen molar-refractivity contribution in [3.05, 3.63) is 28.2 Å². The standard InChI is InChI=1S/C10H10Br2OS/c1-6(11)10(13)8-5-7(14-2)3-4-9(8)12/h3-6H,1-2H3. The first-order chi connectivity index (χ1) is 6.56. The van der Waals surface area contributed by atoms with Crippen molar-refractivity contribution in [2.24, 2.45) is 0 Å². The minimum Gasteiger partial charge on any atom is -0.293 e. The zero-order valence-electron chi connectivity index (χ0n) is 7.88. The number of Topliss-reactive ketones (excluding diaryl/α,β-unsaturated/α-hetero) is 1. The maximum atomic E-state index is 11.7. The van der Waals surface area contributed by atoms with Gasteiger partial charge in [0.2, 0.25) is 0 Å². The van der Waals surface area contributed by atoms with Crippen LogP contribution in [0.2, 0.25) is 0 Å². The van der Waals surface area contributed by atoms with Crippen LogP contribution in [0.5, 0.6) is 0 Å². The quantitative estimate of drug-likeness (QED) is 0.468. The lowest BCUT2D eigenvalue weighted by Crippen LogP contribution is -2.10. The molecule has 1 aromatic carbocycles. The minimum absolute atomic E-state index is 0.104. The van der Waals surface area contributed by atoms with Crippen LogP contribution >= 0.6 is 43.6 Å². The number of hydrogen-bond acceptors (Lipinski definition) is 2. The summed E-state index contributed by atoms with van der Waals surface area (Å²) in [6.07, 6.45) is 2.00. The van der Waals surface area contributed by atoms with Crippen LogP contribution in [0, 0.1) is 0 Å². The topological polar surface area (TPSA) is 17.1 Å². The molecule has 0 saturated heterocycles. The summed E-state index contributed by atoms with van der Waals surface area (Å²) in [6.45, 7) is 1.83. The van der Waals surface area contributed by atoms with Crippen molar-refractivity contribution in [1.82, 2.24) is 0 Å². The van der Waals surface area contributed by atoms with Crippen molar-refractivity contribution in [3.63, 3.8) is 0 Å². The molecule has 0 aliphatic carbocycles. The van der Waals surface area contributed by atoms with Crippen molar-refractivity contribution in [1.29, 1.82) is 0 Å². The van der Waals surface area contributed by atoms with Crippen LogP contribution < -0.4 is 0 Å². The highest BCUT2D eigenvalue weighted by molar-refractivity contribution is 9.10. The van der Waals surface area contributed by atoms with Gasteiger partial charge in [0.15, 0.2) is 5.78 Å². The van der Waals surface area contributed by atoms with Gasteiger partial charge in [0.1, 0.15) is 0 Å². The average molecular weight is 338 g/mol. The SMILES string of the molecule is CSc1ccc(Br)c(C(=O)C(C)Br)c1.